The highest BCUT2D eigenvalue weighted by atomic mass is 127. The number of ether oxygens (including phenoxy) is 1. The SMILES string of the molecule is CN=C(NCc1cccc(OC)c1)NCc1ccc(C)s1.I. The number of rotatable bonds is 5. The van der Waals surface area contributed by atoms with Crippen LogP contribution in [0.25, 0.3) is 0 Å². The molecular formula is C16H22IN3OS. The van der Waals surface area contributed by atoms with Crippen molar-refractivity contribution in [2.24, 2.45) is 4.99 Å². The van der Waals surface area contributed by atoms with Gasteiger partial charge in [-0.05, 0) is 36.8 Å². The summed E-state index contributed by atoms with van der Waals surface area (Å²) in [5, 5.41) is 6.62. The maximum absolute atomic E-state index is 5.22. The highest BCUT2D eigenvalue weighted by molar-refractivity contribution is 14.0. The van der Waals surface area contributed by atoms with Crippen molar-refractivity contribution in [3.8, 4) is 5.75 Å². The first-order valence-electron chi connectivity index (χ1n) is 6.84. The van der Waals surface area contributed by atoms with E-state index in [0.29, 0.717) is 6.54 Å². The van der Waals surface area contributed by atoms with Crippen LogP contribution in [-0.4, -0.2) is 20.1 Å². The van der Waals surface area contributed by atoms with Gasteiger partial charge in [-0.3, -0.25) is 4.99 Å². The van der Waals surface area contributed by atoms with E-state index in [2.05, 4.69) is 40.7 Å². The topological polar surface area (TPSA) is 45.7 Å². The minimum absolute atomic E-state index is 0. The molecular weight excluding hydrogens is 409 g/mol. The molecule has 0 saturated carbocycles. The zero-order chi connectivity index (χ0) is 15.1. The van der Waals surface area contributed by atoms with Crippen molar-refractivity contribution in [2.45, 2.75) is 20.0 Å². The van der Waals surface area contributed by atoms with Crippen LogP contribution in [0, 0.1) is 6.92 Å². The molecule has 1 heterocycles. The smallest absolute Gasteiger partial charge is 0.191 e. The standard InChI is InChI=1S/C16H21N3OS.HI/c1-12-7-8-15(21-12)11-19-16(17-2)18-10-13-5-4-6-14(9-13)20-3;/h4-9H,10-11H2,1-3H3,(H2,17,18,19);1H. The van der Waals surface area contributed by atoms with Crippen LogP contribution >= 0.6 is 35.3 Å². The van der Waals surface area contributed by atoms with Gasteiger partial charge in [-0.1, -0.05) is 12.1 Å². The van der Waals surface area contributed by atoms with Gasteiger partial charge in [0.15, 0.2) is 5.96 Å². The first-order valence-corrected chi connectivity index (χ1v) is 7.65. The number of thiophene rings is 1. The number of aryl methyl sites for hydroxylation is 1. The third-order valence-electron chi connectivity index (χ3n) is 3.04. The van der Waals surface area contributed by atoms with Gasteiger partial charge >= 0.3 is 0 Å². The molecule has 0 spiro atoms. The van der Waals surface area contributed by atoms with Gasteiger partial charge in [0, 0.05) is 23.3 Å². The second kappa shape index (κ2) is 9.68. The van der Waals surface area contributed by atoms with Crippen LogP contribution in [0.1, 0.15) is 15.3 Å². The predicted molar refractivity (Wildman–Crippen MR) is 105 cm³/mol. The Hall–Kier alpha value is -1.28. The molecule has 120 valence electrons. The predicted octanol–water partition coefficient (Wildman–Crippen LogP) is 3.55. The van der Waals surface area contributed by atoms with Crippen molar-refractivity contribution < 1.29 is 4.74 Å². The minimum atomic E-state index is 0. The molecule has 0 atom stereocenters. The number of benzene rings is 1. The molecule has 1 aromatic carbocycles. The van der Waals surface area contributed by atoms with E-state index in [1.54, 1.807) is 25.5 Å². The maximum atomic E-state index is 5.22. The monoisotopic (exact) mass is 431 g/mol. The summed E-state index contributed by atoms with van der Waals surface area (Å²) >= 11 is 1.80. The number of nitrogens with zero attached hydrogens (tertiary/aromatic N) is 1. The van der Waals surface area contributed by atoms with Crippen LogP contribution in [0.5, 0.6) is 5.75 Å². The van der Waals surface area contributed by atoms with E-state index >= 15 is 0 Å². The Labute approximate surface area is 153 Å². The fourth-order valence-electron chi connectivity index (χ4n) is 1.94. The molecule has 0 aliphatic heterocycles. The maximum Gasteiger partial charge on any atom is 0.191 e. The number of halogens is 1. The highest BCUT2D eigenvalue weighted by Gasteiger charge is 2.01. The first-order chi connectivity index (χ1) is 10.2. The lowest BCUT2D eigenvalue weighted by Gasteiger charge is -2.11. The van der Waals surface area contributed by atoms with Gasteiger partial charge in [0.1, 0.15) is 5.75 Å². The molecule has 0 saturated heterocycles. The molecule has 0 amide bonds. The molecule has 22 heavy (non-hydrogen) atoms. The third kappa shape index (κ3) is 5.84. The summed E-state index contributed by atoms with van der Waals surface area (Å²) in [4.78, 5) is 6.86. The van der Waals surface area contributed by atoms with E-state index in [0.717, 1.165) is 23.8 Å². The molecule has 2 aromatic rings. The van der Waals surface area contributed by atoms with Crippen molar-refractivity contribution in [1.29, 1.82) is 0 Å². The summed E-state index contributed by atoms with van der Waals surface area (Å²) in [7, 11) is 3.45. The lowest BCUT2D eigenvalue weighted by atomic mass is 10.2. The zero-order valence-corrected chi connectivity index (χ0v) is 16.2. The number of guanidine groups is 1. The van der Waals surface area contributed by atoms with E-state index in [-0.39, 0.29) is 24.0 Å². The number of hydrogen-bond acceptors (Lipinski definition) is 3. The summed E-state index contributed by atoms with van der Waals surface area (Å²) in [6.45, 7) is 3.61. The van der Waals surface area contributed by atoms with E-state index < -0.39 is 0 Å². The van der Waals surface area contributed by atoms with Crippen molar-refractivity contribution >= 4 is 41.3 Å². The summed E-state index contributed by atoms with van der Waals surface area (Å²) in [5.41, 5.74) is 1.16. The van der Waals surface area contributed by atoms with Crippen molar-refractivity contribution in [3.05, 3.63) is 51.7 Å². The molecule has 0 bridgehead atoms. The molecule has 0 fully saturated rings. The number of aliphatic imine (C=N–C) groups is 1. The van der Waals surface area contributed by atoms with Crippen molar-refractivity contribution in [3.63, 3.8) is 0 Å². The van der Waals surface area contributed by atoms with Gasteiger partial charge in [0.2, 0.25) is 0 Å². The summed E-state index contributed by atoms with van der Waals surface area (Å²) in [6, 6.07) is 12.3. The number of nitrogens with one attached hydrogen (secondary N) is 2. The molecule has 1 aromatic heterocycles. The first kappa shape index (κ1) is 18.8. The van der Waals surface area contributed by atoms with E-state index in [9.17, 15) is 0 Å². The van der Waals surface area contributed by atoms with E-state index in [4.69, 9.17) is 4.74 Å². The molecule has 0 aliphatic rings. The van der Waals surface area contributed by atoms with Gasteiger partial charge in [-0.25, -0.2) is 0 Å². The molecule has 2 N–H and O–H groups in total. The van der Waals surface area contributed by atoms with Crippen LogP contribution in [0.3, 0.4) is 0 Å². The summed E-state index contributed by atoms with van der Waals surface area (Å²) < 4.78 is 5.22. The minimum Gasteiger partial charge on any atom is -0.497 e. The lowest BCUT2D eigenvalue weighted by molar-refractivity contribution is 0.414. The highest BCUT2D eigenvalue weighted by Crippen LogP contribution is 2.14. The van der Waals surface area contributed by atoms with Gasteiger partial charge < -0.3 is 15.4 Å². The molecule has 2 rings (SSSR count). The van der Waals surface area contributed by atoms with Gasteiger partial charge in [0.25, 0.3) is 0 Å². The Morgan fingerprint density at radius 3 is 2.59 bits per heavy atom. The lowest BCUT2D eigenvalue weighted by Crippen LogP contribution is -2.36. The number of hydrogen-bond donors (Lipinski definition) is 2. The van der Waals surface area contributed by atoms with Gasteiger partial charge in [-0.2, -0.15) is 0 Å². The molecule has 0 unspecified atom stereocenters. The van der Waals surface area contributed by atoms with Crippen LogP contribution < -0.4 is 15.4 Å². The Morgan fingerprint density at radius 2 is 1.95 bits per heavy atom. The summed E-state index contributed by atoms with van der Waals surface area (Å²) in [6.07, 6.45) is 0. The Balaban J connectivity index is 0.00000242. The summed E-state index contributed by atoms with van der Waals surface area (Å²) in [5.74, 6) is 1.66. The molecule has 0 aliphatic carbocycles. The average molecular weight is 431 g/mol. The van der Waals surface area contributed by atoms with Crippen molar-refractivity contribution in [2.75, 3.05) is 14.2 Å². The van der Waals surface area contributed by atoms with Gasteiger partial charge in [0.05, 0.1) is 13.7 Å². The normalized spacial score (nSPS) is 10.8. The molecule has 0 radical (unpaired) electrons. The van der Waals surface area contributed by atoms with Crippen LogP contribution in [0.15, 0.2) is 41.4 Å². The quantitative estimate of drug-likeness (QED) is 0.433. The molecule has 4 nitrogen and oxygen atoms in total. The van der Waals surface area contributed by atoms with E-state index in [1.807, 2.05) is 18.2 Å². The Bertz CT molecular complexity index is 613. The Morgan fingerprint density at radius 1 is 1.18 bits per heavy atom. The second-order valence-corrected chi connectivity index (χ2v) is 6.02. The third-order valence-corrected chi connectivity index (χ3v) is 4.04. The molecule has 6 heteroatoms. The second-order valence-electron chi connectivity index (χ2n) is 4.64. The van der Waals surface area contributed by atoms with Crippen LogP contribution in [0.2, 0.25) is 0 Å². The van der Waals surface area contributed by atoms with E-state index in [1.165, 1.54) is 9.75 Å². The fourth-order valence-corrected chi connectivity index (χ4v) is 2.77. The van der Waals surface area contributed by atoms with Crippen LogP contribution in [0.4, 0.5) is 0 Å². The Kier molecular flexibility index (Phi) is 8.26. The van der Waals surface area contributed by atoms with Crippen molar-refractivity contribution in [1.82, 2.24) is 10.6 Å². The zero-order valence-electron chi connectivity index (χ0n) is 13.1. The van der Waals surface area contributed by atoms with Gasteiger partial charge in [-0.15, -0.1) is 35.3 Å². The number of methoxy groups -OCH3 is 1. The fraction of sp³-hybridized carbons (Fsp3) is 0.312. The largest absolute Gasteiger partial charge is 0.497 e. The average Bonchev–Trinajstić information content (AvgIpc) is 2.93. The van der Waals surface area contributed by atoms with Crippen LogP contribution in [-0.2, 0) is 13.1 Å².